The normalized spacial score (nSPS) is 17.6. The maximum absolute atomic E-state index is 13.8. The van der Waals surface area contributed by atoms with Crippen molar-refractivity contribution in [3.63, 3.8) is 0 Å². The van der Waals surface area contributed by atoms with Gasteiger partial charge in [-0.15, -0.1) is 0 Å². The van der Waals surface area contributed by atoms with E-state index in [2.05, 4.69) is 5.32 Å². The molecule has 0 radical (unpaired) electrons. The lowest BCUT2D eigenvalue weighted by Gasteiger charge is -2.38. The molecule has 2 aliphatic rings. The lowest BCUT2D eigenvalue weighted by Crippen LogP contribution is -2.44. The predicted octanol–water partition coefficient (Wildman–Crippen LogP) is 3.69. The second kappa shape index (κ2) is 7.37. The molecule has 1 fully saturated rings. The summed E-state index contributed by atoms with van der Waals surface area (Å²) < 4.78 is 29.8. The minimum Gasteiger partial charge on any atom is -0.454 e. The molecule has 27 heavy (non-hydrogen) atoms. The molecule has 0 atom stereocenters. The van der Waals surface area contributed by atoms with Gasteiger partial charge in [0.15, 0.2) is 11.5 Å². The Bertz CT molecular complexity index is 867. The molecule has 7 heteroatoms. The Morgan fingerprint density at radius 1 is 1.19 bits per heavy atom. The molecule has 2 aromatic rings. The zero-order valence-electron chi connectivity index (χ0n) is 14.6. The number of carbonyl (C=O) groups is 1. The van der Waals surface area contributed by atoms with E-state index in [1.165, 1.54) is 12.1 Å². The van der Waals surface area contributed by atoms with Gasteiger partial charge in [-0.3, -0.25) is 4.79 Å². The molecule has 0 spiro atoms. The number of nitrogens with one attached hydrogen (secondary N) is 1. The van der Waals surface area contributed by atoms with Crippen molar-refractivity contribution >= 4 is 17.5 Å². The lowest BCUT2D eigenvalue weighted by molar-refractivity contribution is 0.0486. The SMILES string of the molecule is O=C(NCC1(c2cccc(F)c2)CCOCC1)c1cc(Cl)c2c(c1)OCO2. The first kappa shape index (κ1) is 18.1. The molecule has 1 saturated heterocycles. The predicted molar refractivity (Wildman–Crippen MR) is 98.0 cm³/mol. The molecule has 1 amide bonds. The van der Waals surface area contributed by atoms with Gasteiger partial charge in [0.2, 0.25) is 6.79 Å². The van der Waals surface area contributed by atoms with Gasteiger partial charge in [-0.25, -0.2) is 4.39 Å². The van der Waals surface area contributed by atoms with Crippen LogP contribution in [-0.2, 0) is 10.2 Å². The van der Waals surface area contributed by atoms with Gasteiger partial charge in [0, 0.05) is 30.7 Å². The lowest BCUT2D eigenvalue weighted by atomic mass is 9.74. The molecule has 2 aliphatic heterocycles. The molecule has 0 saturated carbocycles. The highest BCUT2D eigenvalue weighted by Crippen LogP contribution is 2.40. The molecule has 0 unspecified atom stereocenters. The van der Waals surface area contributed by atoms with Gasteiger partial charge in [-0.05, 0) is 42.7 Å². The number of fused-ring (bicyclic) bond motifs is 1. The minimum atomic E-state index is -0.365. The zero-order chi connectivity index (χ0) is 18.9. The van der Waals surface area contributed by atoms with Crippen LogP contribution in [0.3, 0.4) is 0 Å². The third kappa shape index (κ3) is 3.59. The van der Waals surface area contributed by atoms with E-state index in [1.807, 2.05) is 6.07 Å². The third-order valence-electron chi connectivity index (χ3n) is 5.16. The van der Waals surface area contributed by atoms with Crippen LogP contribution in [0.25, 0.3) is 0 Å². The van der Waals surface area contributed by atoms with Crippen molar-refractivity contribution in [1.82, 2.24) is 5.32 Å². The fourth-order valence-corrected chi connectivity index (χ4v) is 3.86. The summed E-state index contributed by atoms with van der Waals surface area (Å²) in [6.45, 7) is 1.61. The standard InChI is InChI=1S/C20H19ClFNO4/c21-16-8-13(9-17-18(16)27-12-26-17)19(24)23-11-20(4-6-25-7-5-20)14-2-1-3-15(22)10-14/h1-3,8-10H,4-7,11-12H2,(H,23,24). The number of ether oxygens (including phenoxy) is 3. The van der Waals surface area contributed by atoms with Gasteiger partial charge in [-0.1, -0.05) is 23.7 Å². The fraction of sp³-hybridized carbons (Fsp3) is 0.350. The van der Waals surface area contributed by atoms with Crippen LogP contribution < -0.4 is 14.8 Å². The van der Waals surface area contributed by atoms with E-state index in [-0.39, 0.29) is 23.9 Å². The molecule has 2 aromatic carbocycles. The highest BCUT2D eigenvalue weighted by atomic mass is 35.5. The third-order valence-corrected chi connectivity index (χ3v) is 5.44. The molecular formula is C20H19ClFNO4. The number of hydrogen-bond donors (Lipinski definition) is 1. The Hall–Kier alpha value is -2.31. The average Bonchev–Trinajstić information content (AvgIpc) is 3.16. The summed E-state index contributed by atoms with van der Waals surface area (Å²) in [4.78, 5) is 12.7. The topological polar surface area (TPSA) is 56.8 Å². The maximum atomic E-state index is 13.8. The molecule has 0 aromatic heterocycles. The van der Waals surface area contributed by atoms with E-state index < -0.39 is 0 Å². The zero-order valence-corrected chi connectivity index (χ0v) is 15.4. The molecule has 1 N–H and O–H groups in total. The van der Waals surface area contributed by atoms with Crippen LogP contribution in [0.2, 0.25) is 5.02 Å². The molecule has 142 valence electrons. The van der Waals surface area contributed by atoms with Crippen LogP contribution in [0.1, 0.15) is 28.8 Å². The van der Waals surface area contributed by atoms with Crippen LogP contribution in [0, 0.1) is 5.82 Å². The second-order valence-electron chi connectivity index (χ2n) is 6.78. The van der Waals surface area contributed by atoms with Crippen molar-refractivity contribution in [2.45, 2.75) is 18.3 Å². The van der Waals surface area contributed by atoms with Crippen molar-refractivity contribution in [1.29, 1.82) is 0 Å². The van der Waals surface area contributed by atoms with E-state index in [9.17, 15) is 9.18 Å². The van der Waals surface area contributed by atoms with Crippen molar-refractivity contribution < 1.29 is 23.4 Å². The Balaban J connectivity index is 1.54. The Kier molecular flexibility index (Phi) is 4.93. The number of carbonyl (C=O) groups excluding carboxylic acids is 1. The van der Waals surface area contributed by atoms with E-state index in [0.29, 0.717) is 54.7 Å². The van der Waals surface area contributed by atoms with Crippen LogP contribution in [0.4, 0.5) is 4.39 Å². The highest BCUT2D eigenvalue weighted by molar-refractivity contribution is 6.32. The smallest absolute Gasteiger partial charge is 0.251 e. The van der Waals surface area contributed by atoms with Crippen molar-refractivity contribution in [3.05, 3.63) is 58.4 Å². The van der Waals surface area contributed by atoms with E-state index in [1.54, 1.807) is 18.2 Å². The molecule has 5 nitrogen and oxygen atoms in total. The summed E-state index contributed by atoms with van der Waals surface area (Å²) >= 11 is 6.17. The summed E-state index contributed by atoms with van der Waals surface area (Å²) in [5.74, 6) is 0.358. The Morgan fingerprint density at radius 2 is 2.00 bits per heavy atom. The number of halogens is 2. The Morgan fingerprint density at radius 3 is 2.78 bits per heavy atom. The Labute approximate surface area is 161 Å². The van der Waals surface area contributed by atoms with Gasteiger partial charge < -0.3 is 19.5 Å². The molecule has 4 rings (SSSR count). The first-order valence-corrected chi connectivity index (χ1v) is 9.16. The first-order valence-electron chi connectivity index (χ1n) is 8.79. The number of rotatable bonds is 4. The number of benzene rings is 2. The van der Waals surface area contributed by atoms with Gasteiger partial charge >= 0.3 is 0 Å². The van der Waals surface area contributed by atoms with E-state index in [0.717, 1.165) is 5.56 Å². The summed E-state index contributed by atoms with van der Waals surface area (Å²) in [6.07, 6.45) is 1.41. The second-order valence-corrected chi connectivity index (χ2v) is 7.18. The largest absolute Gasteiger partial charge is 0.454 e. The summed E-state index contributed by atoms with van der Waals surface area (Å²) in [5.41, 5.74) is 0.899. The van der Waals surface area contributed by atoms with E-state index in [4.69, 9.17) is 25.8 Å². The fourth-order valence-electron chi connectivity index (χ4n) is 3.60. The van der Waals surface area contributed by atoms with E-state index >= 15 is 0 Å². The quantitative estimate of drug-likeness (QED) is 0.863. The van der Waals surface area contributed by atoms with Gasteiger partial charge in [0.1, 0.15) is 5.82 Å². The van der Waals surface area contributed by atoms with Gasteiger partial charge in [0.25, 0.3) is 5.91 Å². The number of hydrogen-bond acceptors (Lipinski definition) is 4. The number of amides is 1. The molecule has 2 heterocycles. The average molecular weight is 392 g/mol. The summed E-state index contributed by atoms with van der Waals surface area (Å²) in [7, 11) is 0. The first-order chi connectivity index (χ1) is 13.1. The van der Waals surface area contributed by atoms with Crippen LogP contribution in [0.5, 0.6) is 11.5 Å². The monoisotopic (exact) mass is 391 g/mol. The van der Waals surface area contributed by atoms with Gasteiger partial charge in [-0.2, -0.15) is 0 Å². The van der Waals surface area contributed by atoms with Crippen molar-refractivity contribution in [2.75, 3.05) is 26.6 Å². The van der Waals surface area contributed by atoms with Crippen molar-refractivity contribution in [2.24, 2.45) is 0 Å². The van der Waals surface area contributed by atoms with Crippen LogP contribution in [-0.4, -0.2) is 32.5 Å². The molecular weight excluding hydrogens is 373 g/mol. The molecule has 0 aliphatic carbocycles. The van der Waals surface area contributed by atoms with Crippen LogP contribution in [0.15, 0.2) is 36.4 Å². The molecule has 0 bridgehead atoms. The maximum Gasteiger partial charge on any atom is 0.251 e. The highest BCUT2D eigenvalue weighted by Gasteiger charge is 2.35. The van der Waals surface area contributed by atoms with Crippen LogP contribution >= 0.6 is 11.6 Å². The summed E-state index contributed by atoms with van der Waals surface area (Å²) in [5, 5.41) is 3.31. The van der Waals surface area contributed by atoms with Gasteiger partial charge in [0.05, 0.1) is 5.02 Å². The summed E-state index contributed by atoms with van der Waals surface area (Å²) in [6, 6.07) is 9.73. The minimum absolute atomic E-state index is 0.0861. The van der Waals surface area contributed by atoms with Crippen molar-refractivity contribution in [3.8, 4) is 11.5 Å².